The molecule has 0 aliphatic heterocycles. The van der Waals surface area contributed by atoms with E-state index in [4.69, 9.17) is 9.47 Å². The maximum atomic E-state index is 12.8. The summed E-state index contributed by atoms with van der Waals surface area (Å²) >= 11 is 0. The monoisotopic (exact) mass is 361 g/mol. The molecule has 0 heterocycles. The fraction of sp³-hybridized carbons (Fsp3) is 0.263. The molecule has 0 aliphatic carbocycles. The molecule has 0 saturated heterocycles. The number of para-hydroxylation sites is 1. The highest BCUT2D eigenvalue weighted by Crippen LogP contribution is 2.20. The highest BCUT2D eigenvalue weighted by atomic mass is 32.2. The van der Waals surface area contributed by atoms with Crippen molar-refractivity contribution < 1.29 is 17.9 Å². The summed E-state index contributed by atoms with van der Waals surface area (Å²) in [5.41, 5.74) is 0. The van der Waals surface area contributed by atoms with Gasteiger partial charge in [0, 0.05) is 13.1 Å². The zero-order valence-corrected chi connectivity index (χ0v) is 15.1. The average molecular weight is 361 g/mol. The second kappa shape index (κ2) is 9.25. The van der Waals surface area contributed by atoms with Crippen LogP contribution in [0.1, 0.15) is 6.42 Å². The van der Waals surface area contributed by atoms with Crippen molar-refractivity contribution in [2.75, 3.05) is 26.8 Å². The number of benzene rings is 2. The minimum Gasteiger partial charge on any atom is -0.497 e. The Labute approximate surface area is 149 Å². The Morgan fingerprint density at radius 3 is 2.32 bits per heavy atom. The topological polar surface area (TPSA) is 55.8 Å². The number of hydrogen-bond donors (Lipinski definition) is 0. The molecule has 0 aliphatic rings. The van der Waals surface area contributed by atoms with E-state index in [2.05, 4.69) is 6.58 Å². The summed E-state index contributed by atoms with van der Waals surface area (Å²) in [7, 11) is -2.04. The van der Waals surface area contributed by atoms with Crippen LogP contribution in [0.15, 0.2) is 72.1 Å². The zero-order chi connectivity index (χ0) is 18.1. The lowest BCUT2D eigenvalue weighted by Gasteiger charge is -2.21. The van der Waals surface area contributed by atoms with Gasteiger partial charge in [-0.3, -0.25) is 0 Å². The Morgan fingerprint density at radius 2 is 1.72 bits per heavy atom. The van der Waals surface area contributed by atoms with Gasteiger partial charge in [-0.05, 0) is 42.8 Å². The molecule has 5 nitrogen and oxygen atoms in total. The third-order valence-electron chi connectivity index (χ3n) is 3.59. The van der Waals surface area contributed by atoms with Gasteiger partial charge in [-0.15, -0.1) is 6.58 Å². The average Bonchev–Trinajstić information content (AvgIpc) is 2.65. The zero-order valence-electron chi connectivity index (χ0n) is 14.3. The summed E-state index contributed by atoms with van der Waals surface area (Å²) in [6, 6.07) is 15.8. The number of sulfonamides is 1. The number of ether oxygens (including phenoxy) is 2. The molecule has 0 fully saturated rings. The van der Waals surface area contributed by atoms with E-state index in [0.717, 1.165) is 5.75 Å². The van der Waals surface area contributed by atoms with Gasteiger partial charge in [0.15, 0.2) is 0 Å². The van der Waals surface area contributed by atoms with E-state index in [9.17, 15) is 8.42 Å². The Bertz CT molecular complexity index is 758. The lowest BCUT2D eigenvalue weighted by Crippen LogP contribution is -2.33. The van der Waals surface area contributed by atoms with Crippen LogP contribution in [0.2, 0.25) is 0 Å². The normalized spacial score (nSPS) is 11.3. The standard InChI is InChI=1S/C19H23NO4S/c1-3-14-20(15-7-16-24-18-8-5-4-6-9-18)25(21,22)19-12-10-17(23-2)11-13-19/h3-6,8-13H,1,7,14-16H2,2H3. The van der Waals surface area contributed by atoms with Crippen LogP contribution in [0.25, 0.3) is 0 Å². The number of hydrogen-bond acceptors (Lipinski definition) is 4. The SMILES string of the molecule is C=CCN(CCCOc1ccccc1)S(=O)(=O)c1ccc(OC)cc1. The van der Waals surface area contributed by atoms with Crippen LogP contribution in [0.3, 0.4) is 0 Å². The maximum absolute atomic E-state index is 12.8. The van der Waals surface area contributed by atoms with Crippen LogP contribution in [0.5, 0.6) is 11.5 Å². The summed E-state index contributed by atoms with van der Waals surface area (Å²) in [6.45, 7) is 4.70. The van der Waals surface area contributed by atoms with Gasteiger partial charge >= 0.3 is 0 Å². The molecule has 0 radical (unpaired) electrons. The second-order valence-electron chi connectivity index (χ2n) is 5.34. The molecule has 0 unspecified atom stereocenters. The minimum absolute atomic E-state index is 0.235. The third-order valence-corrected chi connectivity index (χ3v) is 5.47. The van der Waals surface area contributed by atoms with Crippen LogP contribution in [0, 0.1) is 0 Å². The van der Waals surface area contributed by atoms with Gasteiger partial charge < -0.3 is 9.47 Å². The Kier molecular flexibility index (Phi) is 7.03. The van der Waals surface area contributed by atoms with E-state index in [1.54, 1.807) is 37.5 Å². The fourth-order valence-corrected chi connectivity index (χ4v) is 3.75. The highest BCUT2D eigenvalue weighted by molar-refractivity contribution is 7.89. The van der Waals surface area contributed by atoms with Gasteiger partial charge in [0.25, 0.3) is 0 Å². The Morgan fingerprint density at radius 1 is 1.04 bits per heavy atom. The van der Waals surface area contributed by atoms with Crippen LogP contribution in [-0.4, -0.2) is 39.5 Å². The molecular formula is C19H23NO4S. The van der Waals surface area contributed by atoms with Gasteiger partial charge in [-0.2, -0.15) is 4.31 Å². The van der Waals surface area contributed by atoms with Crippen molar-refractivity contribution in [1.82, 2.24) is 4.31 Å². The smallest absolute Gasteiger partial charge is 0.243 e. The molecule has 0 spiro atoms. The molecule has 2 aromatic carbocycles. The summed E-state index contributed by atoms with van der Waals surface area (Å²) in [6.07, 6.45) is 2.16. The predicted octanol–water partition coefficient (Wildman–Crippen LogP) is 3.34. The Hall–Kier alpha value is -2.31. The molecule has 6 heteroatoms. The van der Waals surface area contributed by atoms with Crippen LogP contribution < -0.4 is 9.47 Å². The van der Waals surface area contributed by atoms with E-state index < -0.39 is 10.0 Å². The molecule has 2 rings (SSSR count). The molecule has 134 valence electrons. The van der Waals surface area contributed by atoms with Gasteiger partial charge in [0.05, 0.1) is 18.6 Å². The first kappa shape index (κ1) is 19.0. The van der Waals surface area contributed by atoms with Crippen LogP contribution >= 0.6 is 0 Å². The molecule has 0 N–H and O–H groups in total. The Balaban J connectivity index is 1.98. The summed E-state index contributed by atoms with van der Waals surface area (Å²) < 4.78 is 37.7. The van der Waals surface area contributed by atoms with Crippen molar-refractivity contribution in [2.45, 2.75) is 11.3 Å². The summed E-state index contributed by atoms with van der Waals surface area (Å²) in [5, 5.41) is 0. The van der Waals surface area contributed by atoms with Crippen molar-refractivity contribution in [1.29, 1.82) is 0 Å². The van der Waals surface area contributed by atoms with Gasteiger partial charge in [0.1, 0.15) is 11.5 Å². The van der Waals surface area contributed by atoms with Crippen molar-refractivity contribution in [3.63, 3.8) is 0 Å². The van der Waals surface area contributed by atoms with Gasteiger partial charge in [-0.25, -0.2) is 8.42 Å². The first-order valence-corrected chi connectivity index (χ1v) is 9.45. The quantitative estimate of drug-likeness (QED) is 0.481. The van der Waals surface area contributed by atoms with Gasteiger partial charge in [0.2, 0.25) is 10.0 Å². The van der Waals surface area contributed by atoms with E-state index in [-0.39, 0.29) is 11.4 Å². The van der Waals surface area contributed by atoms with Crippen molar-refractivity contribution in [3.05, 3.63) is 67.3 Å². The van der Waals surface area contributed by atoms with E-state index in [1.165, 1.54) is 4.31 Å². The van der Waals surface area contributed by atoms with Crippen LogP contribution in [0.4, 0.5) is 0 Å². The van der Waals surface area contributed by atoms with Crippen molar-refractivity contribution >= 4 is 10.0 Å². The first-order chi connectivity index (χ1) is 12.1. The fourth-order valence-electron chi connectivity index (χ4n) is 2.30. The first-order valence-electron chi connectivity index (χ1n) is 8.01. The van der Waals surface area contributed by atoms with Crippen molar-refractivity contribution in [2.24, 2.45) is 0 Å². The summed E-state index contributed by atoms with van der Waals surface area (Å²) in [5.74, 6) is 1.39. The van der Waals surface area contributed by atoms with E-state index >= 15 is 0 Å². The third kappa shape index (κ3) is 5.34. The maximum Gasteiger partial charge on any atom is 0.243 e. The number of rotatable bonds is 10. The lowest BCUT2D eigenvalue weighted by atomic mass is 10.3. The highest BCUT2D eigenvalue weighted by Gasteiger charge is 2.23. The molecule has 0 amide bonds. The van der Waals surface area contributed by atoms with Gasteiger partial charge in [-0.1, -0.05) is 24.3 Å². The minimum atomic E-state index is -3.58. The molecule has 0 aromatic heterocycles. The molecule has 25 heavy (non-hydrogen) atoms. The molecule has 2 aromatic rings. The molecule has 0 atom stereocenters. The molecule has 0 bridgehead atoms. The largest absolute Gasteiger partial charge is 0.497 e. The molecule has 0 saturated carbocycles. The van der Waals surface area contributed by atoms with Crippen molar-refractivity contribution in [3.8, 4) is 11.5 Å². The summed E-state index contributed by atoms with van der Waals surface area (Å²) in [4.78, 5) is 0.235. The number of methoxy groups -OCH3 is 1. The predicted molar refractivity (Wildman–Crippen MR) is 98.5 cm³/mol. The number of nitrogens with zero attached hydrogens (tertiary/aromatic N) is 1. The second-order valence-corrected chi connectivity index (χ2v) is 7.28. The van der Waals surface area contributed by atoms with E-state index in [0.29, 0.717) is 25.3 Å². The molecular weight excluding hydrogens is 338 g/mol. The van der Waals surface area contributed by atoms with Crippen LogP contribution in [-0.2, 0) is 10.0 Å². The van der Waals surface area contributed by atoms with E-state index in [1.807, 2.05) is 30.3 Å². The lowest BCUT2D eigenvalue weighted by molar-refractivity contribution is 0.293.